The van der Waals surface area contributed by atoms with E-state index in [2.05, 4.69) is 56.8 Å². The van der Waals surface area contributed by atoms with Crippen LogP contribution in [0.5, 0.6) is 0 Å². The number of carbonyl (C=O) groups excluding carboxylic acids is 1. The third-order valence-electron chi connectivity index (χ3n) is 4.65. The van der Waals surface area contributed by atoms with E-state index in [1.807, 2.05) is 6.07 Å². The second-order valence-corrected chi connectivity index (χ2v) is 11.1. The third kappa shape index (κ3) is 6.18. The summed E-state index contributed by atoms with van der Waals surface area (Å²) in [5, 5.41) is 0. The van der Waals surface area contributed by atoms with Crippen molar-refractivity contribution in [1.82, 2.24) is 0 Å². The molecule has 0 N–H and O–H groups in total. The summed E-state index contributed by atoms with van der Waals surface area (Å²) in [7, 11) is -1.31. The molecule has 1 aromatic rings. The number of hydrogen-bond acceptors (Lipinski definition) is 2. The van der Waals surface area contributed by atoms with E-state index >= 15 is 0 Å². The molecule has 3 heteroatoms. The van der Waals surface area contributed by atoms with Crippen molar-refractivity contribution in [2.45, 2.75) is 64.8 Å². The Kier molecular flexibility index (Phi) is 8.18. The van der Waals surface area contributed by atoms with Crippen molar-refractivity contribution in [2.24, 2.45) is 0 Å². The maximum atomic E-state index is 11.4. The van der Waals surface area contributed by atoms with Gasteiger partial charge in [0, 0.05) is 6.92 Å². The molecule has 0 spiro atoms. The van der Waals surface area contributed by atoms with Gasteiger partial charge in [0.2, 0.25) is 0 Å². The summed E-state index contributed by atoms with van der Waals surface area (Å²) >= 11 is 0. The molecule has 0 heterocycles. The monoisotopic (exact) mass is 318 g/mol. The molecule has 2 nitrogen and oxygen atoms in total. The quantitative estimate of drug-likeness (QED) is 0.464. The van der Waals surface area contributed by atoms with Crippen LogP contribution in [-0.2, 0) is 16.0 Å². The molecule has 1 aromatic carbocycles. The number of hydrogen-bond donors (Lipinski definition) is 0. The third-order valence-corrected chi connectivity index (χ3v) is 9.78. The maximum absolute atomic E-state index is 11.4. The molecule has 0 amide bonds. The molecule has 0 fully saturated rings. The Morgan fingerprint density at radius 2 is 1.73 bits per heavy atom. The zero-order valence-corrected chi connectivity index (χ0v) is 15.5. The van der Waals surface area contributed by atoms with Crippen molar-refractivity contribution in [1.29, 1.82) is 0 Å². The van der Waals surface area contributed by atoms with E-state index in [9.17, 15) is 4.79 Å². The Morgan fingerprint density at radius 1 is 1.14 bits per heavy atom. The van der Waals surface area contributed by atoms with Crippen LogP contribution in [0, 0.1) is 0 Å². The minimum Gasteiger partial charge on any atom is -0.458 e. The van der Waals surface area contributed by atoms with Gasteiger partial charge in [-0.2, -0.15) is 0 Å². The van der Waals surface area contributed by atoms with Crippen LogP contribution in [-0.4, -0.2) is 20.1 Å². The smallest absolute Gasteiger partial charge is 0.303 e. The summed E-state index contributed by atoms with van der Waals surface area (Å²) in [6.45, 7) is 8.35. The number of ether oxygens (including phenoxy) is 1. The highest BCUT2D eigenvalue weighted by Crippen LogP contribution is 2.22. The van der Waals surface area contributed by atoms with Crippen LogP contribution in [0.3, 0.4) is 0 Å². The number of carbonyl (C=O) groups is 1. The van der Waals surface area contributed by atoms with E-state index < -0.39 is 8.07 Å². The first-order valence-corrected chi connectivity index (χ1v) is 11.2. The first-order valence-electron chi connectivity index (χ1n) is 8.45. The largest absolute Gasteiger partial charge is 0.458 e. The van der Waals surface area contributed by atoms with E-state index in [0.29, 0.717) is 0 Å². The molecule has 0 aliphatic rings. The predicted molar refractivity (Wildman–Crippen MR) is 96.7 cm³/mol. The molecule has 0 saturated heterocycles. The van der Waals surface area contributed by atoms with Gasteiger partial charge in [0.15, 0.2) is 0 Å². The average molecular weight is 319 g/mol. The lowest BCUT2D eigenvalue weighted by Gasteiger charge is -2.24. The summed E-state index contributed by atoms with van der Waals surface area (Å²) in [6, 6.07) is 14.1. The standard InChI is InChI=1S/C19H30O2Si/c1-5-22(6-2,7-3)16-15-19(21-17(4)20)14-13-18-11-9-8-10-12-18/h8-12,15-16,19H,5-7,13-14H2,1-4H3/b16-15-. The fraction of sp³-hybridized carbons (Fsp3) is 0.526. The first-order chi connectivity index (χ1) is 10.5. The zero-order chi connectivity index (χ0) is 16.4. The van der Waals surface area contributed by atoms with Crippen LogP contribution < -0.4 is 0 Å². The zero-order valence-electron chi connectivity index (χ0n) is 14.5. The van der Waals surface area contributed by atoms with E-state index in [1.54, 1.807) is 0 Å². The first kappa shape index (κ1) is 18.7. The van der Waals surface area contributed by atoms with Crippen molar-refractivity contribution in [2.75, 3.05) is 0 Å². The highest BCUT2D eigenvalue weighted by atomic mass is 28.3. The van der Waals surface area contributed by atoms with E-state index in [4.69, 9.17) is 4.74 Å². The van der Waals surface area contributed by atoms with Gasteiger partial charge < -0.3 is 4.74 Å². The van der Waals surface area contributed by atoms with Gasteiger partial charge in [0.05, 0.1) is 8.07 Å². The highest BCUT2D eigenvalue weighted by molar-refractivity contribution is 6.84. The van der Waals surface area contributed by atoms with Gasteiger partial charge in [-0.1, -0.05) is 81.0 Å². The van der Waals surface area contributed by atoms with Gasteiger partial charge in [-0.15, -0.1) is 0 Å². The summed E-state index contributed by atoms with van der Waals surface area (Å²) in [5.41, 5.74) is 3.70. The minimum atomic E-state index is -1.31. The molecule has 0 saturated carbocycles. The molecule has 1 rings (SSSR count). The fourth-order valence-corrected chi connectivity index (χ4v) is 5.61. The van der Waals surface area contributed by atoms with Crippen molar-refractivity contribution in [3.05, 3.63) is 47.7 Å². The van der Waals surface area contributed by atoms with Gasteiger partial charge in [-0.05, 0) is 18.4 Å². The number of benzene rings is 1. The number of aryl methyl sites for hydroxylation is 1. The maximum Gasteiger partial charge on any atom is 0.303 e. The lowest BCUT2D eigenvalue weighted by atomic mass is 10.1. The van der Waals surface area contributed by atoms with Crippen molar-refractivity contribution in [3.63, 3.8) is 0 Å². The van der Waals surface area contributed by atoms with Crippen LogP contribution in [0.1, 0.15) is 39.7 Å². The molecule has 1 unspecified atom stereocenters. The summed E-state index contributed by atoms with van der Waals surface area (Å²) in [6.07, 6.45) is 3.84. The Labute approximate surface area is 136 Å². The molecule has 0 aliphatic heterocycles. The van der Waals surface area contributed by atoms with E-state index in [0.717, 1.165) is 12.8 Å². The van der Waals surface area contributed by atoms with Gasteiger partial charge >= 0.3 is 5.97 Å². The van der Waals surface area contributed by atoms with E-state index in [-0.39, 0.29) is 12.1 Å². The molecule has 1 atom stereocenters. The van der Waals surface area contributed by atoms with Gasteiger partial charge in [0.25, 0.3) is 0 Å². The topological polar surface area (TPSA) is 26.3 Å². The summed E-state index contributed by atoms with van der Waals surface area (Å²) in [5.74, 6) is -0.195. The lowest BCUT2D eigenvalue weighted by Crippen LogP contribution is -2.29. The predicted octanol–water partition coefficient (Wildman–Crippen LogP) is 5.15. The van der Waals surface area contributed by atoms with Crippen LogP contribution in [0.4, 0.5) is 0 Å². The Morgan fingerprint density at radius 3 is 2.23 bits per heavy atom. The SMILES string of the molecule is CC[Si](/C=C\C(CCc1ccccc1)OC(C)=O)(CC)CC. The van der Waals surface area contributed by atoms with Crippen LogP contribution in [0.15, 0.2) is 42.1 Å². The van der Waals surface area contributed by atoms with Crippen molar-refractivity contribution >= 4 is 14.0 Å². The Bertz CT molecular complexity index is 455. The van der Waals surface area contributed by atoms with Gasteiger partial charge in [0.1, 0.15) is 6.10 Å². The Hall–Kier alpha value is -1.35. The average Bonchev–Trinajstić information content (AvgIpc) is 2.54. The molecule has 0 bridgehead atoms. The van der Waals surface area contributed by atoms with Crippen LogP contribution in [0.2, 0.25) is 18.1 Å². The molecule has 0 aromatic heterocycles. The summed E-state index contributed by atoms with van der Waals surface area (Å²) < 4.78 is 5.50. The van der Waals surface area contributed by atoms with Gasteiger partial charge in [-0.25, -0.2) is 0 Å². The highest BCUT2D eigenvalue weighted by Gasteiger charge is 2.23. The molecule has 0 aliphatic carbocycles. The molecule has 0 radical (unpaired) electrons. The molecular formula is C19H30O2Si. The Balaban J connectivity index is 2.73. The van der Waals surface area contributed by atoms with E-state index in [1.165, 1.54) is 30.6 Å². The number of rotatable bonds is 9. The van der Waals surface area contributed by atoms with Gasteiger partial charge in [-0.3, -0.25) is 4.79 Å². The number of esters is 1. The lowest BCUT2D eigenvalue weighted by molar-refractivity contribution is -0.144. The van der Waals surface area contributed by atoms with Crippen LogP contribution >= 0.6 is 0 Å². The molecular weight excluding hydrogens is 288 g/mol. The van der Waals surface area contributed by atoms with Crippen molar-refractivity contribution < 1.29 is 9.53 Å². The summed E-state index contributed by atoms with van der Waals surface area (Å²) in [4.78, 5) is 11.4. The second kappa shape index (κ2) is 9.62. The normalized spacial score (nSPS) is 13.3. The molecule has 22 heavy (non-hydrogen) atoms. The van der Waals surface area contributed by atoms with Crippen LogP contribution in [0.25, 0.3) is 0 Å². The minimum absolute atomic E-state index is 0.103. The second-order valence-electron chi connectivity index (χ2n) is 5.95. The fourth-order valence-electron chi connectivity index (χ4n) is 2.78. The molecule has 122 valence electrons. The van der Waals surface area contributed by atoms with Crippen molar-refractivity contribution in [3.8, 4) is 0 Å².